The molecule has 0 atom stereocenters. The molecule has 0 aliphatic carbocycles. The van der Waals surface area contributed by atoms with Crippen LogP contribution in [0.25, 0.3) is 0 Å². The minimum Gasteiger partial charge on any atom is -0.496 e. The molecule has 1 fully saturated rings. The van der Waals surface area contributed by atoms with Gasteiger partial charge in [0.25, 0.3) is 0 Å². The first-order valence-corrected chi connectivity index (χ1v) is 7.23. The van der Waals surface area contributed by atoms with Crippen molar-refractivity contribution < 1.29 is 9.47 Å². The summed E-state index contributed by atoms with van der Waals surface area (Å²) in [7, 11) is 1.69. The van der Waals surface area contributed by atoms with Gasteiger partial charge in [-0.25, -0.2) is 0 Å². The number of rotatable bonds is 3. The fraction of sp³-hybridized carbons (Fsp3) is 0.250. The van der Waals surface area contributed by atoms with Crippen molar-refractivity contribution >= 4 is 21.6 Å². The molecule has 2 aromatic rings. The molecule has 0 aromatic heterocycles. The second kappa shape index (κ2) is 5.11. The summed E-state index contributed by atoms with van der Waals surface area (Å²) in [6.45, 7) is 1.28. The molecular formula is C16H16BrNO2. The number of nitrogens with two attached hydrogens (primary N) is 1. The van der Waals surface area contributed by atoms with Crippen LogP contribution >= 0.6 is 15.9 Å². The summed E-state index contributed by atoms with van der Waals surface area (Å²) in [4.78, 5) is 0. The molecule has 1 saturated heterocycles. The number of nitrogen functional groups attached to an aromatic ring is 1. The van der Waals surface area contributed by atoms with Crippen LogP contribution in [0, 0.1) is 0 Å². The molecule has 0 saturated carbocycles. The molecule has 3 rings (SSSR count). The SMILES string of the molecule is COc1ccc(Br)cc1C1(c2cccc(N)c2)COC1. The van der Waals surface area contributed by atoms with E-state index in [-0.39, 0.29) is 5.41 Å². The Bertz CT molecular complexity index is 638. The number of hydrogen-bond acceptors (Lipinski definition) is 3. The van der Waals surface area contributed by atoms with E-state index in [2.05, 4.69) is 28.1 Å². The van der Waals surface area contributed by atoms with Gasteiger partial charge in [0.2, 0.25) is 0 Å². The predicted molar refractivity (Wildman–Crippen MR) is 83.1 cm³/mol. The van der Waals surface area contributed by atoms with Gasteiger partial charge in [-0.05, 0) is 35.9 Å². The smallest absolute Gasteiger partial charge is 0.123 e. The van der Waals surface area contributed by atoms with Gasteiger partial charge in [-0.3, -0.25) is 0 Å². The predicted octanol–water partition coefficient (Wildman–Crippen LogP) is 3.36. The Hall–Kier alpha value is -1.52. The topological polar surface area (TPSA) is 44.5 Å². The average molecular weight is 334 g/mol. The zero-order chi connectivity index (χ0) is 14.2. The van der Waals surface area contributed by atoms with Gasteiger partial charge in [-0.15, -0.1) is 0 Å². The maximum Gasteiger partial charge on any atom is 0.123 e. The zero-order valence-corrected chi connectivity index (χ0v) is 12.8. The van der Waals surface area contributed by atoms with Crippen molar-refractivity contribution in [3.05, 3.63) is 58.1 Å². The van der Waals surface area contributed by atoms with E-state index < -0.39 is 0 Å². The molecule has 0 unspecified atom stereocenters. The second-order valence-corrected chi connectivity index (χ2v) is 5.96. The number of benzene rings is 2. The van der Waals surface area contributed by atoms with E-state index in [4.69, 9.17) is 15.2 Å². The molecule has 0 amide bonds. The highest BCUT2D eigenvalue weighted by Crippen LogP contribution is 2.44. The van der Waals surface area contributed by atoms with Gasteiger partial charge in [0.15, 0.2) is 0 Å². The molecule has 0 radical (unpaired) electrons. The van der Waals surface area contributed by atoms with E-state index >= 15 is 0 Å². The summed E-state index contributed by atoms with van der Waals surface area (Å²) in [5.41, 5.74) is 8.82. The van der Waals surface area contributed by atoms with Crippen LogP contribution in [-0.2, 0) is 10.2 Å². The number of anilines is 1. The average Bonchev–Trinajstić information content (AvgIpc) is 2.38. The molecule has 2 N–H and O–H groups in total. The first-order valence-electron chi connectivity index (χ1n) is 6.43. The highest BCUT2D eigenvalue weighted by atomic mass is 79.9. The number of hydrogen-bond donors (Lipinski definition) is 1. The van der Waals surface area contributed by atoms with E-state index in [9.17, 15) is 0 Å². The van der Waals surface area contributed by atoms with Crippen LogP contribution in [0.1, 0.15) is 11.1 Å². The van der Waals surface area contributed by atoms with Crippen LogP contribution in [0.15, 0.2) is 46.9 Å². The molecule has 20 heavy (non-hydrogen) atoms. The minimum absolute atomic E-state index is 0.176. The monoisotopic (exact) mass is 333 g/mol. The number of ether oxygens (including phenoxy) is 2. The lowest BCUT2D eigenvalue weighted by Gasteiger charge is -2.43. The Morgan fingerprint density at radius 3 is 2.60 bits per heavy atom. The van der Waals surface area contributed by atoms with Crippen molar-refractivity contribution in [3.8, 4) is 5.75 Å². The Morgan fingerprint density at radius 1 is 1.20 bits per heavy atom. The third-order valence-electron chi connectivity index (χ3n) is 3.81. The molecule has 3 nitrogen and oxygen atoms in total. The van der Waals surface area contributed by atoms with Crippen molar-refractivity contribution in [3.63, 3.8) is 0 Å². The van der Waals surface area contributed by atoms with Crippen molar-refractivity contribution in [1.29, 1.82) is 0 Å². The minimum atomic E-state index is -0.176. The van der Waals surface area contributed by atoms with Gasteiger partial charge >= 0.3 is 0 Å². The van der Waals surface area contributed by atoms with Gasteiger partial charge in [0.1, 0.15) is 5.75 Å². The molecule has 2 aromatic carbocycles. The van der Waals surface area contributed by atoms with Crippen LogP contribution in [0.3, 0.4) is 0 Å². The van der Waals surface area contributed by atoms with Crippen molar-refractivity contribution in [1.82, 2.24) is 0 Å². The second-order valence-electron chi connectivity index (χ2n) is 5.04. The van der Waals surface area contributed by atoms with Crippen LogP contribution in [0.2, 0.25) is 0 Å². The lowest BCUT2D eigenvalue weighted by Crippen LogP contribution is -2.47. The summed E-state index contributed by atoms with van der Waals surface area (Å²) >= 11 is 3.54. The first-order chi connectivity index (χ1) is 9.65. The largest absolute Gasteiger partial charge is 0.496 e. The summed E-state index contributed by atoms with van der Waals surface area (Å²) in [6.07, 6.45) is 0. The maximum atomic E-state index is 5.93. The Kier molecular flexibility index (Phi) is 3.44. The van der Waals surface area contributed by atoms with Gasteiger partial charge in [0.05, 0.1) is 25.7 Å². The number of methoxy groups -OCH3 is 1. The summed E-state index contributed by atoms with van der Waals surface area (Å²) in [5.74, 6) is 0.874. The van der Waals surface area contributed by atoms with Gasteiger partial charge < -0.3 is 15.2 Å². The fourth-order valence-electron chi connectivity index (χ4n) is 2.67. The van der Waals surface area contributed by atoms with Crippen LogP contribution < -0.4 is 10.5 Å². The van der Waals surface area contributed by atoms with E-state index in [1.807, 2.05) is 30.3 Å². The van der Waals surface area contributed by atoms with Crippen LogP contribution in [-0.4, -0.2) is 20.3 Å². The standard InChI is InChI=1S/C16H16BrNO2/c1-19-15-6-5-12(17)8-14(15)16(9-20-10-16)11-3-2-4-13(18)7-11/h2-8H,9-10,18H2,1H3. The molecule has 1 aliphatic rings. The lowest BCUT2D eigenvalue weighted by molar-refractivity contribution is -0.0389. The third-order valence-corrected chi connectivity index (χ3v) is 4.31. The van der Waals surface area contributed by atoms with Crippen molar-refractivity contribution in [2.24, 2.45) is 0 Å². The molecule has 4 heteroatoms. The fourth-order valence-corrected chi connectivity index (χ4v) is 3.04. The summed E-state index contributed by atoms with van der Waals surface area (Å²) in [5, 5.41) is 0. The highest BCUT2D eigenvalue weighted by molar-refractivity contribution is 9.10. The third kappa shape index (κ3) is 2.09. The van der Waals surface area contributed by atoms with E-state index in [1.54, 1.807) is 7.11 Å². The maximum absolute atomic E-state index is 5.93. The zero-order valence-electron chi connectivity index (χ0n) is 11.2. The normalized spacial score (nSPS) is 16.5. The van der Waals surface area contributed by atoms with Crippen molar-refractivity contribution in [2.45, 2.75) is 5.41 Å². The van der Waals surface area contributed by atoms with E-state index in [1.165, 1.54) is 5.56 Å². The Morgan fingerprint density at radius 2 is 2.00 bits per heavy atom. The molecule has 1 aliphatic heterocycles. The van der Waals surface area contributed by atoms with Crippen LogP contribution in [0.4, 0.5) is 5.69 Å². The summed E-state index contributed by atoms with van der Waals surface area (Å²) < 4.78 is 12.1. The first kappa shape index (κ1) is 13.5. The summed E-state index contributed by atoms with van der Waals surface area (Å²) in [6, 6.07) is 14.1. The Labute approximate surface area is 126 Å². The van der Waals surface area contributed by atoms with Gasteiger partial charge in [-0.1, -0.05) is 28.1 Å². The Balaban J connectivity index is 2.16. The van der Waals surface area contributed by atoms with Gasteiger partial charge in [-0.2, -0.15) is 0 Å². The molecular weight excluding hydrogens is 318 g/mol. The number of halogens is 1. The molecule has 0 bridgehead atoms. The quantitative estimate of drug-likeness (QED) is 0.876. The van der Waals surface area contributed by atoms with E-state index in [0.29, 0.717) is 13.2 Å². The lowest BCUT2D eigenvalue weighted by atomic mass is 9.72. The molecule has 0 spiro atoms. The van der Waals surface area contributed by atoms with E-state index in [0.717, 1.165) is 21.5 Å². The van der Waals surface area contributed by atoms with Crippen LogP contribution in [0.5, 0.6) is 5.75 Å². The molecule has 104 valence electrons. The molecule has 1 heterocycles. The van der Waals surface area contributed by atoms with Gasteiger partial charge in [0, 0.05) is 15.7 Å². The highest BCUT2D eigenvalue weighted by Gasteiger charge is 2.44. The van der Waals surface area contributed by atoms with Crippen molar-refractivity contribution in [2.75, 3.05) is 26.1 Å².